The van der Waals surface area contributed by atoms with Gasteiger partial charge in [-0.25, -0.2) is 8.42 Å². The van der Waals surface area contributed by atoms with Crippen LogP contribution in [-0.4, -0.2) is 50.5 Å². The number of alkyl halides is 3. The average Bonchev–Trinajstić information content (AvgIpc) is 2.82. The molecule has 0 radical (unpaired) electrons. The van der Waals surface area contributed by atoms with Gasteiger partial charge in [-0.2, -0.15) is 13.2 Å². The van der Waals surface area contributed by atoms with Crippen LogP contribution in [0.25, 0.3) is 0 Å². The molecule has 38 heavy (non-hydrogen) atoms. The number of sulfonamides is 1. The lowest BCUT2D eigenvalue weighted by molar-refractivity contribution is -0.140. The van der Waals surface area contributed by atoms with Crippen LogP contribution in [0.5, 0.6) is 0 Å². The zero-order valence-corrected chi connectivity index (χ0v) is 23.3. The fraction of sp³-hybridized carbons (Fsp3) is 0.462. The van der Waals surface area contributed by atoms with Gasteiger partial charge in [0.15, 0.2) is 0 Å². The van der Waals surface area contributed by atoms with Crippen molar-refractivity contribution in [1.82, 2.24) is 10.2 Å². The third kappa shape index (κ3) is 9.50. The molecular formula is C26H33ClF3N3O4S. The normalized spacial score (nSPS) is 12.8. The highest BCUT2D eigenvalue weighted by Gasteiger charge is 2.32. The first-order valence-electron chi connectivity index (χ1n) is 12.1. The minimum Gasteiger partial charge on any atom is -0.354 e. The molecule has 0 bridgehead atoms. The summed E-state index contributed by atoms with van der Waals surface area (Å²) >= 11 is 6.08. The molecule has 1 atom stereocenters. The Bertz CT molecular complexity index is 1220. The monoisotopic (exact) mass is 575 g/mol. The molecular weight excluding hydrogens is 543 g/mol. The Labute approximate surface area is 227 Å². The van der Waals surface area contributed by atoms with E-state index in [1.54, 1.807) is 31.2 Å². The van der Waals surface area contributed by atoms with Gasteiger partial charge in [0.05, 0.1) is 17.5 Å². The van der Waals surface area contributed by atoms with Crippen LogP contribution < -0.4 is 9.62 Å². The van der Waals surface area contributed by atoms with E-state index >= 15 is 0 Å². The number of nitrogens with zero attached hydrogens (tertiary/aromatic N) is 2. The lowest BCUT2D eigenvalue weighted by Gasteiger charge is -2.30. The molecule has 7 nitrogen and oxygen atoms in total. The first-order chi connectivity index (χ1) is 17.6. The molecule has 1 unspecified atom stereocenters. The number of halogens is 4. The van der Waals surface area contributed by atoms with Gasteiger partial charge in [0, 0.05) is 31.1 Å². The Morgan fingerprint density at radius 2 is 1.71 bits per heavy atom. The van der Waals surface area contributed by atoms with Crippen molar-refractivity contribution in [3.05, 3.63) is 64.7 Å². The molecule has 2 rings (SSSR count). The Morgan fingerprint density at radius 1 is 1.05 bits per heavy atom. The zero-order chi connectivity index (χ0) is 28.7. The van der Waals surface area contributed by atoms with Gasteiger partial charge in [-0.15, -0.1) is 0 Å². The smallest absolute Gasteiger partial charge is 0.354 e. The van der Waals surface area contributed by atoms with Crippen molar-refractivity contribution in [2.24, 2.45) is 5.92 Å². The molecule has 0 aliphatic rings. The van der Waals surface area contributed by atoms with Crippen molar-refractivity contribution in [2.75, 3.05) is 23.7 Å². The van der Waals surface area contributed by atoms with E-state index in [0.29, 0.717) is 17.1 Å². The molecule has 0 aliphatic carbocycles. The van der Waals surface area contributed by atoms with Crippen LogP contribution in [-0.2, 0) is 32.3 Å². The first-order valence-corrected chi connectivity index (χ1v) is 14.3. The van der Waals surface area contributed by atoms with Crippen LogP contribution in [0, 0.1) is 5.92 Å². The standard InChI is InChI=1S/C26H33ClF3N3O4S/c1-18(2)16-31-25(35)19(3)32(17-20-8-5-10-22(27)14-20)24(34)12-7-13-33(38(4,36)37)23-11-6-9-21(15-23)26(28,29)30/h5-6,8-11,14-15,18-19H,7,12-13,16-17H2,1-4H3,(H,31,35). The van der Waals surface area contributed by atoms with E-state index in [9.17, 15) is 31.2 Å². The predicted molar refractivity (Wildman–Crippen MR) is 142 cm³/mol. The lowest BCUT2D eigenvalue weighted by Crippen LogP contribution is -2.48. The molecule has 0 aromatic heterocycles. The third-order valence-corrected chi connectivity index (χ3v) is 7.14. The van der Waals surface area contributed by atoms with Crippen LogP contribution in [0.3, 0.4) is 0 Å². The van der Waals surface area contributed by atoms with E-state index in [4.69, 9.17) is 11.6 Å². The van der Waals surface area contributed by atoms with Crippen LogP contribution in [0.15, 0.2) is 48.5 Å². The molecule has 2 amide bonds. The number of hydrogen-bond acceptors (Lipinski definition) is 4. The van der Waals surface area contributed by atoms with Crippen molar-refractivity contribution >= 4 is 39.1 Å². The van der Waals surface area contributed by atoms with Crippen molar-refractivity contribution in [3.63, 3.8) is 0 Å². The summed E-state index contributed by atoms with van der Waals surface area (Å²) in [5.41, 5.74) is -0.420. The molecule has 0 aliphatic heterocycles. The highest BCUT2D eigenvalue weighted by Crippen LogP contribution is 2.32. The van der Waals surface area contributed by atoms with Crippen LogP contribution in [0.1, 0.15) is 44.7 Å². The van der Waals surface area contributed by atoms with Crippen molar-refractivity contribution in [1.29, 1.82) is 0 Å². The maximum atomic E-state index is 13.3. The Kier molecular flexibility index (Phi) is 11.0. The lowest BCUT2D eigenvalue weighted by atomic mass is 10.1. The Morgan fingerprint density at radius 3 is 2.29 bits per heavy atom. The molecule has 0 saturated carbocycles. The van der Waals surface area contributed by atoms with E-state index in [1.165, 1.54) is 11.0 Å². The molecule has 0 spiro atoms. The fourth-order valence-corrected chi connectivity index (χ4v) is 4.88. The molecule has 12 heteroatoms. The van der Waals surface area contributed by atoms with Crippen molar-refractivity contribution in [3.8, 4) is 0 Å². The summed E-state index contributed by atoms with van der Waals surface area (Å²) in [6.07, 6.45) is -3.86. The second-order valence-electron chi connectivity index (χ2n) is 9.45. The second kappa shape index (κ2) is 13.3. The summed E-state index contributed by atoms with van der Waals surface area (Å²) in [7, 11) is -3.93. The maximum absolute atomic E-state index is 13.3. The number of benzene rings is 2. The van der Waals surface area contributed by atoms with Gasteiger partial charge in [-0.1, -0.05) is 43.6 Å². The molecule has 2 aromatic carbocycles. The summed E-state index contributed by atoms with van der Waals surface area (Å²) in [6, 6.07) is 10.0. The minimum atomic E-state index is -4.64. The van der Waals surface area contributed by atoms with Gasteiger partial charge >= 0.3 is 6.18 Å². The Hall–Kier alpha value is -2.79. The highest BCUT2D eigenvalue weighted by atomic mass is 35.5. The van der Waals surface area contributed by atoms with Crippen molar-refractivity contribution in [2.45, 2.75) is 52.4 Å². The summed E-state index contributed by atoms with van der Waals surface area (Å²) < 4.78 is 65.1. The third-order valence-electron chi connectivity index (χ3n) is 5.71. The van der Waals surface area contributed by atoms with Crippen LogP contribution >= 0.6 is 11.6 Å². The fourth-order valence-electron chi connectivity index (χ4n) is 3.71. The molecule has 0 saturated heterocycles. The number of carbonyl (C=O) groups excluding carboxylic acids is 2. The number of nitrogens with one attached hydrogen (secondary N) is 1. The van der Waals surface area contributed by atoms with Gasteiger partial charge in [-0.3, -0.25) is 13.9 Å². The molecule has 210 valence electrons. The van der Waals surface area contributed by atoms with Crippen LogP contribution in [0.4, 0.5) is 18.9 Å². The van der Waals surface area contributed by atoms with Gasteiger partial charge in [-0.05, 0) is 55.2 Å². The van der Waals surface area contributed by atoms with E-state index in [0.717, 1.165) is 28.8 Å². The predicted octanol–water partition coefficient (Wildman–Crippen LogP) is 5.09. The van der Waals surface area contributed by atoms with E-state index in [2.05, 4.69) is 5.32 Å². The Balaban J connectivity index is 2.21. The first kappa shape index (κ1) is 31.4. The maximum Gasteiger partial charge on any atom is 0.416 e. The number of amides is 2. The van der Waals surface area contributed by atoms with Gasteiger partial charge < -0.3 is 10.2 Å². The number of hydrogen-bond donors (Lipinski definition) is 1. The SMILES string of the molecule is CC(C)CNC(=O)C(C)N(Cc1cccc(Cl)c1)C(=O)CCCN(c1cccc(C(F)(F)F)c1)S(C)(=O)=O. The number of rotatable bonds is 12. The highest BCUT2D eigenvalue weighted by molar-refractivity contribution is 7.92. The van der Waals surface area contributed by atoms with E-state index in [-0.39, 0.29) is 43.4 Å². The summed E-state index contributed by atoms with van der Waals surface area (Å²) in [5, 5.41) is 3.28. The largest absolute Gasteiger partial charge is 0.416 e. The van der Waals surface area contributed by atoms with Crippen molar-refractivity contribution < 1.29 is 31.2 Å². The molecule has 2 aromatic rings. The molecule has 0 heterocycles. The zero-order valence-electron chi connectivity index (χ0n) is 21.8. The summed E-state index contributed by atoms with van der Waals surface area (Å²) in [4.78, 5) is 27.4. The van der Waals surface area contributed by atoms with Crippen LogP contribution in [0.2, 0.25) is 5.02 Å². The topological polar surface area (TPSA) is 86.8 Å². The van der Waals surface area contributed by atoms with E-state index in [1.807, 2.05) is 13.8 Å². The quantitative estimate of drug-likeness (QED) is 0.382. The summed E-state index contributed by atoms with van der Waals surface area (Å²) in [5.74, 6) is -0.536. The van der Waals surface area contributed by atoms with Gasteiger partial charge in [0.25, 0.3) is 0 Å². The number of carbonyl (C=O) groups is 2. The van der Waals surface area contributed by atoms with E-state index < -0.39 is 33.7 Å². The molecule has 1 N–H and O–H groups in total. The average molecular weight is 576 g/mol. The van der Waals surface area contributed by atoms with Gasteiger partial charge in [0.2, 0.25) is 21.8 Å². The summed E-state index contributed by atoms with van der Waals surface area (Å²) in [6.45, 7) is 5.80. The van der Waals surface area contributed by atoms with Gasteiger partial charge in [0.1, 0.15) is 6.04 Å². The molecule has 0 fully saturated rings. The second-order valence-corrected chi connectivity index (χ2v) is 11.8. The minimum absolute atomic E-state index is 0.0223. The number of anilines is 1.